The van der Waals surface area contributed by atoms with E-state index in [9.17, 15) is 5.11 Å². The van der Waals surface area contributed by atoms with Gasteiger partial charge in [-0.1, -0.05) is 19.4 Å². The molecule has 0 saturated carbocycles. The van der Waals surface area contributed by atoms with E-state index in [1.165, 1.54) is 0 Å². The molecule has 3 heteroatoms. The van der Waals surface area contributed by atoms with Gasteiger partial charge in [0.1, 0.15) is 5.75 Å². The molecule has 0 radical (unpaired) electrons. The van der Waals surface area contributed by atoms with E-state index in [2.05, 4.69) is 6.92 Å². The fourth-order valence-electron chi connectivity index (χ4n) is 1.60. The lowest BCUT2D eigenvalue weighted by Crippen LogP contribution is -2.00. The molecule has 0 heterocycles. The van der Waals surface area contributed by atoms with E-state index < -0.39 is 6.10 Å². The Bertz CT molecular complexity index is 334. The minimum atomic E-state index is -0.463. The highest BCUT2D eigenvalue weighted by atomic mass is 16.5. The molecule has 0 amide bonds. The molecule has 1 N–H and O–H groups in total. The number of hydrogen-bond donors (Lipinski definition) is 1. The third kappa shape index (κ3) is 4.36. The number of aliphatic hydroxyl groups excluding tert-OH is 1. The Balaban J connectivity index is 2.69. The van der Waals surface area contributed by atoms with Crippen molar-refractivity contribution in [3.8, 4) is 5.75 Å². The van der Waals surface area contributed by atoms with Gasteiger partial charge in [0.05, 0.1) is 19.8 Å². The molecular weight excluding hydrogens is 216 g/mol. The topological polar surface area (TPSA) is 38.7 Å². The predicted octanol–water partition coefficient (Wildman–Crippen LogP) is 3.07. The average Bonchev–Trinajstić information content (AvgIpc) is 2.34. The van der Waals surface area contributed by atoms with E-state index in [0.29, 0.717) is 6.61 Å². The summed E-state index contributed by atoms with van der Waals surface area (Å²) < 4.78 is 10.9. The minimum absolute atomic E-state index is 0.463. The molecule has 0 aliphatic heterocycles. The molecule has 1 aromatic carbocycles. The van der Waals surface area contributed by atoms with Crippen LogP contribution in [0.2, 0.25) is 0 Å². The van der Waals surface area contributed by atoms with Crippen LogP contribution in [0.5, 0.6) is 5.75 Å². The highest BCUT2D eigenvalue weighted by molar-refractivity contribution is 5.37. The molecule has 0 aliphatic carbocycles. The van der Waals surface area contributed by atoms with Crippen LogP contribution in [0.3, 0.4) is 0 Å². The monoisotopic (exact) mass is 238 g/mol. The second kappa shape index (κ2) is 7.30. The zero-order valence-corrected chi connectivity index (χ0v) is 10.9. The third-order valence-electron chi connectivity index (χ3n) is 2.69. The molecule has 0 bridgehead atoms. The van der Waals surface area contributed by atoms with Crippen molar-refractivity contribution < 1.29 is 14.6 Å². The molecule has 0 saturated heterocycles. The first-order valence-corrected chi connectivity index (χ1v) is 6.11. The summed E-state index contributed by atoms with van der Waals surface area (Å²) in [7, 11) is 1.65. The molecule has 17 heavy (non-hydrogen) atoms. The summed E-state index contributed by atoms with van der Waals surface area (Å²) >= 11 is 0. The number of hydrogen-bond acceptors (Lipinski definition) is 3. The quantitative estimate of drug-likeness (QED) is 0.742. The molecule has 1 atom stereocenters. The van der Waals surface area contributed by atoms with Gasteiger partial charge in [-0.15, -0.1) is 0 Å². The van der Waals surface area contributed by atoms with Crippen molar-refractivity contribution in [2.24, 2.45) is 0 Å². The maximum atomic E-state index is 9.54. The second-order valence-electron chi connectivity index (χ2n) is 4.15. The molecule has 1 aromatic rings. The van der Waals surface area contributed by atoms with Crippen LogP contribution in [0.4, 0.5) is 0 Å². The van der Waals surface area contributed by atoms with Gasteiger partial charge in [-0.25, -0.2) is 0 Å². The Morgan fingerprint density at radius 3 is 2.71 bits per heavy atom. The Morgan fingerprint density at radius 1 is 1.35 bits per heavy atom. The van der Waals surface area contributed by atoms with Gasteiger partial charge in [0.15, 0.2) is 0 Å². The molecule has 3 nitrogen and oxygen atoms in total. The van der Waals surface area contributed by atoms with Gasteiger partial charge in [-0.2, -0.15) is 0 Å². The molecule has 0 aliphatic rings. The smallest absolute Gasteiger partial charge is 0.124 e. The molecule has 0 spiro atoms. The molecule has 0 aromatic heterocycles. The molecule has 96 valence electrons. The lowest BCUT2D eigenvalue weighted by Gasteiger charge is -2.12. The molecular formula is C14H22O3. The lowest BCUT2D eigenvalue weighted by molar-refractivity contribution is 0.116. The van der Waals surface area contributed by atoms with Crippen LogP contribution in [0.25, 0.3) is 0 Å². The van der Waals surface area contributed by atoms with Crippen molar-refractivity contribution in [2.45, 2.75) is 39.4 Å². The first-order valence-electron chi connectivity index (χ1n) is 6.11. The standard InChI is InChI=1S/C14H22O3/c1-4-5-8-17-10-13-9-12(11(2)15)6-7-14(13)16-3/h6-7,9,11,15H,4-5,8,10H2,1-3H3. The van der Waals surface area contributed by atoms with Gasteiger partial charge < -0.3 is 14.6 Å². The van der Waals surface area contributed by atoms with Crippen LogP contribution >= 0.6 is 0 Å². The van der Waals surface area contributed by atoms with Gasteiger partial charge in [-0.3, -0.25) is 0 Å². The van der Waals surface area contributed by atoms with Crippen LogP contribution in [-0.4, -0.2) is 18.8 Å². The third-order valence-corrected chi connectivity index (χ3v) is 2.69. The fraction of sp³-hybridized carbons (Fsp3) is 0.571. The summed E-state index contributed by atoms with van der Waals surface area (Å²) in [6.07, 6.45) is 1.73. The average molecular weight is 238 g/mol. The maximum absolute atomic E-state index is 9.54. The van der Waals surface area contributed by atoms with E-state index in [-0.39, 0.29) is 0 Å². The summed E-state index contributed by atoms with van der Waals surface area (Å²) in [5.74, 6) is 0.811. The first-order chi connectivity index (χ1) is 8.19. The van der Waals surface area contributed by atoms with E-state index in [0.717, 1.165) is 36.3 Å². The van der Waals surface area contributed by atoms with Crippen molar-refractivity contribution in [2.75, 3.05) is 13.7 Å². The molecule has 1 unspecified atom stereocenters. The number of aliphatic hydroxyl groups is 1. The van der Waals surface area contributed by atoms with Crippen LogP contribution in [-0.2, 0) is 11.3 Å². The van der Waals surface area contributed by atoms with E-state index >= 15 is 0 Å². The van der Waals surface area contributed by atoms with E-state index in [4.69, 9.17) is 9.47 Å². The second-order valence-corrected chi connectivity index (χ2v) is 4.15. The van der Waals surface area contributed by atoms with Gasteiger partial charge in [-0.05, 0) is 31.0 Å². The van der Waals surface area contributed by atoms with E-state index in [1.54, 1.807) is 14.0 Å². The van der Waals surface area contributed by atoms with Crippen LogP contribution < -0.4 is 4.74 Å². The van der Waals surface area contributed by atoms with Gasteiger partial charge in [0.2, 0.25) is 0 Å². The predicted molar refractivity (Wildman–Crippen MR) is 68.2 cm³/mol. The van der Waals surface area contributed by atoms with Gasteiger partial charge in [0, 0.05) is 12.2 Å². The summed E-state index contributed by atoms with van der Waals surface area (Å²) in [6.45, 7) is 5.18. The van der Waals surface area contributed by atoms with Gasteiger partial charge in [0.25, 0.3) is 0 Å². The number of ether oxygens (including phenoxy) is 2. The lowest BCUT2D eigenvalue weighted by atomic mass is 10.1. The Morgan fingerprint density at radius 2 is 2.12 bits per heavy atom. The SMILES string of the molecule is CCCCOCc1cc(C(C)O)ccc1OC. The zero-order chi connectivity index (χ0) is 12.7. The van der Waals surface area contributed by atoms with E-state index in [1.807, 2.05) is 18.2 Å². The maximum Gasteiger partial charge on any atom is 0.124 e. The number of benzene rings is 1. The van der Waals surface area contributed by atoms with Crippen molar-refractivity contribution in [3.63, 3.8) is 0 Å². The Labute approximate surface area is 103 Å². The minimum Gasteiger partial charge on any atom is -0.496 e. The highest BCUT2D eigenvalue weighted by Gasteiger charge is 2.07. The van der Waals surface area contributed by atoms with Gasteiger partial charge >= 0.3 is 0 Å². The first kappa shape index (κ1) is 14.0. The summed E-state index contributed by atoms with van der Waals surface area (Å²) in [4.78, 5) is 0. The molecule has 1 rings (SSSR count). The highest BCUT2D eigenvalue weighted by Crippen LogP contribution is 2.24. The zero-order valence-electron chi connectivity index (χ0n) is 10.9. The summed E-state index contributed by atoms with van der Waals surface area (Å²) in [5.41, 5.74) is 1.88. The number of rotatable bonds is 7. The normalized spacial score (nSPS) is 12.5. The fourth-order valence-corrected chi connectivity index (χ4v) is 1.60. The van der Waals surface area contributed by atoms with Crippen LogP contribution in [0.15, 0.2) is 18.2 Å². The summed E-state index contributed by atoms with van der Waals surface area (Å²) in [6, 6.07) is 5.69. The Hall–Kier alpha value is -1.06. The number of methoxy groups -OCH3 is 1. The van der Waals surface area contributed by atoms with Crippen molar-refractivity contribution in [1.29, 1.82) is 0 Å². The number of unbranched alkanes of at least 4 members (excludes halogenated alkanes) is 1. The van der Waals surface area contributed by atoms with Crippen molar-refractivity contribution in [1.82, 2.24) is 0 Å². The van der Waals surface area contributed by atoms with Crippen molar-refractivity contribution >= 4 is 0 Å². The largest absolute Gasteiger partial charge is 0.496 e. The van der Waals surface area contributed by atoms with Crippen molar-refractivity contribution in [3.05, 3.63) is 29.3 Å². The molecule has 0 fully saturated rings. The van der Waals surface area contributed by atoms with Crippen LogP contribution in [0, 0.1) is 0 Å². The summed E-state index contributed by atoms with van der Waals surface area (Å²) in [5, 5.41) is 9.54. The van der Waals surface area contributed by atoms with Crippen LogP contribution in [0.1, 0.15) is 43.9 Å². The Kier molecular flexibility index (Phi) is 6.01.